The van der Waals surface area contributed by atoms with Gasteiger partial charge in [-0.2, -0.15) is 0 Å². The predicted octanol–water partition coefficient (Wildman–Crippen LogP) is 4.53. The average molecular weight is 440 g/mol. The van der Waals surface area contributed by atoms with E-state index in [0.717, 1.165) is 37.6 Å². The molecule has 170 valence electrons. The molecule has 2 heterocycles. The van der Waals surface area contributed by atoms with E-state index in [-0.39, 0.29) is 17.8 Å². The largest absolute Gasteiger partial charge is 0.489 e. The van der Waals surface area contributed by atoms with Crippen molar-refractivity contribution < 1.29 is 18.3 Å². The van der Waals surface area contributed by atoms with Crippen LogP contribution in [0.15, 0.2) is 40.8 Å². The molecule has 1 aromatic heterocycles. The smallest absolute Gasteiger partial charge is 0.255 e. The van der Waals surface area contributed by atoms with Crippen molar-refractivity contribution in [3.63, 3.8) is 0 Å². The van der Waals surface area contributed by atoms with Gasteiger partial charge in [0.2, 0.25) is 0 Å². The number of anilines is 1. The van der Waals surface area contributed by atoms with E-state index in [1.54, 1.807) is 12.1 Å². The van der Waals surface area contributed by atoms with Gasteiger partial charge < -0.3 is 24.3 Å². The van der Waals surface area contributed by atoms with E-state index in [9.17, 15) is 9.18 Å². The fourth-order valence-electron chi connectivity index (χ4n) is 4.03. The highest BCUT2D eigenvalue weighted by Gasteiger charge is 2.26. The maximum Gasteiger partial charge on any atom is 0.255 e. The maximum atomic E-state index is 13.5. The van der Waals surface area contributed by atoms with Crippen LogP contribution in [0.25, 0.3) is 22.3 Å². The number of carbonyl (C=O) groups is 1. The van der Waals surface area contributed by atoms with E-state index < -0.39 is 0 Å². The number of likely N-dealkylation sites (N-methyl/N-ethyl adjacent to an activating group) is 1. The van der Waals surface area contributed by atoms with Gasteiger partial charge in [0.25, 0.3) is 5.91 Å². The Hall–Kier alpha value is -3.06. The number of nitrogens with one attached hydrogen (secondary N) is 1. The van der Waals surface area contributed by atoms with Gasteiger partial charge in [-0.1, -0.05) is 0 Å². The molecule has 3 aromatic rings. The zero-order valence-electron chi connectivity index (χ0n) is 19.1. The van der Waals surface area contributed by atoms with Crippen LogP contribution in [0, 0.1) is 5.82 Å². The lowest BCUT2D eigenvalue weighted by molar-refractivity contribution is 0.0957. The first-order chi connectivity index (χ1) is 15.4. The minimum absolute atomic E-state index is 0.0185. The number of benzene rings is 2. The molecule has 1 aliphatic heterocycles. The van der Waals surface area contributed by atoms with E-state index in [0.29, 0.717) is 34.4 Å². The molecular formula is C25H30FN3O3. The van der Waals surface area contributed by atoms with Gasteiger partial charge in [-0.25, -0.2) is 4.39 Å². The lowest BCUT2D eigenvalue weighted by Crippen LogP contribution is -2.44. The van der Waals surface area contributed by atoms with Crippen molar-refractivity contribution in [1.29, 1.82) is 0 Å². The summed E-state index contributed by atoms with van der Waals surface area (Å²) in [5.74, 6) is 0.592. The Morgan fingerprint density at radius 3 is 2.47 bits per heavy atom. The second kappa shape index (κ2) is 9.20. The molecule has 0 spiro atoms. The summed E-state index contributed by atoms with van der Waals surface area (Å²) in [7, 11) is 2.12. The van der Waals surface area contributed by atoms with Crippen molar-refractivity contribution in [1.82, 2.24) is 10.2 Å². The number of hydrogen-bond acceptors (Lipinski definition) is 5. The van der Waals surface area contributed by atoms with Crippen LogP contribution in [0.5, 0.6) is 5.75 Å². The number of nitrogens with zero attached hydrogens (tertiary/aromatic N) is 2. The summed E-state index contributed by atoms with van der Waals surface area (Å²) < 4.78 is 25.9. The molecule has 1 N–H and O–H groups in total. The van der Waals surface area contributed by atoms with Crippen molar-refractivity contribution >= 4 is 22.6 Å². The zero-order chi connectivity index (χ0) is 22.8. The van der Waals surface area contributed by atoms with Crippen molar-refractivity contribution in [2.45, 2.75) is 26.9 Å². The Balaban J connectivity index is 1.90. The Morgan fingerprint density at radius 2 is 1.84 bits per heavy atom. The molecule has 1 fully saturated rings. The molecule has 32 heavy (non-hydrogen) atoms. The lowest BCUT2D eigenvalue weighted by Gasteiger charge is -2.35. The molecule has 6 nitrogen and oxygen atoms in total. The molecule has 0 saturated carbocycles. The van der Waals surface area contributed by atoms with Crippen LogP contribution >= 0.6 is 0 Å². The molecule has 7 heteroatoms. The van der Waals surface area contributed by atoms with E-state index in [1.165, 1.54) is 12.1 Å². The highest BCUT2D eigenvalue weighted by molar-refractivity contribution is 6.12. The van der Waals surface area contributed by atoms with Crippen molar-refractivity contribution in [2.24, 2.45) is 0 Å². The van der Waals surface area contributed by atoms with Gasteiger partial charge in [0.15, 0.2) is 0 Å². The van der Waals surface area contributed by atoms with Crippen LogP contribution in [-0.4, -0.2) is 56.7 Å². The summed E-state index contributed by atoms with van der Waals surface area (Å²) in [5.41, 5.74) is 2.65. The van der Waals surface area contributed by atoms with E-state index in [2.05, 4.69) is 22.2 Å². The van der Waals surface area contributed by atoms with Crippen molar-refractivity contribution in [3.8, 4) is 17.1 Å². The highest BCUT2D eigenvalue weighted by Crippen LogP contribution is 2.41. The topological polar surface area (TPSA) is 58.0 Å². The standard InChI is InChI=1S/C25H30FN3O3/c1-5-27-25(30)23-19-14-22(31-16(2)3)20(29-12-10-28(4)11-13-29)15-21(19)32-24(23)17-6-8-18(26)9-7-17/h6-9,14-16H,5,10-13H2,1-4H3,(H,27,30). The van der Waals surface area contributed by atoms with Gasteiger partial charge in [0.1, 0.15) is 22.9 Å². The molecular weight excluding hydrogens is 409 g/mol. The number of hydrogen-bond donors (Lipinski definition) is 1. The van der Waals surface area contributed by atoms with Gasteiger partial charge in [-0.05, 0) is 58.2 Å². The fourth-order valence-corrected chi connectivity index (χ4v) is 4.03. The van der Waals surface area contributed by atoms with Crippen LogP contribution < -0.4 is 15.0 Å². The third-order valence-electron chi connectivity index (χ3n) is 5.65. The second-order valence-corrected chi connectivity index (χ2v) is 8.45. The second-order valence-electron chi connectivity index (χ2n) is 8.45. The van der Waals surface area contributed by atoms with Gasteiger partial charge in [-0.3, -0.25) is 4.79 Å². The molecule has 1 aliphatic rings. The summed E-state index contributed by atoms with van der Waals surface area (Å²) in [6.45, 7) is 10.0. The first-order valence-corrected chi connectivity index (χ1v) is 11.1. The predicted molar refractivity (Wildman–Crippen MR) is 125 cm³/mol. The number of rotatable bonds is 6. The van der Waals surface area contributed by atoms with Crippen LogP contribution in [0.2, 0.25) is 0 Å². The third kappa shape index (κ3) is 4.43. The third-order valence-corrected chi connectivity index (χ3v) is 5.65. The Labute approximate surface area is 187 Å². The van der Waals surface area contributed by atoms with Crippen LogP contribution in [0.4, 0.5) is 10.1 Å². The lowest BCUT2D eigenvalue weighted by atomic mass is 10.0. The summed E-state index contributed by atoms with van der Waals surface area (Å²) >= 11 is 0. The van der Waals surface area contributed by atoms with Gasteiger partial charge >= 0.3 is 0 Å². The maximum absolute atomic E-state index is 13.5. The average Bonchev–Trinajstić information content (AvgIpc) is 3.12. The number of halogens is 1. The molecule has 0 bridgehead atoms. The number of fused-ring (bicyclic) bond motifs is 1. The summed E-state index contributed by atoms with van der Waals surface area (Å²) in [6, 6.07) is 9.86. The van der Waals surface area contributed by atoms with Crippen LogP contribution in [0.3, 0.4) is 0 Å². The zero-order valence-corrected chi connectivity index (χ0v) is 19.1. The Morgan fingerprint density at radius 1 is 1.16 bits per heavy atom. The summed E-state index contributed by atoms with van der Waals surface area (Å²) in [4.78, 5) is 17.6. The molecule has 0 radical (unpaired) electrons. The minimum Gasteiger partial charge on any atom is -0.489 e. The number of furan rings is 1. The normalized spacial score (nSPS) is 14.9. The van der Waals surface area contributed by atoms with Crippen molar-refractivity contribution in [3.05, 3.63) is 47.8 Å². The van der Waals surface area contributed by atoms with Crippen LogP contribution in [-0.2, 0) is 0 Å². The summed E-state index contributed by atoms with van der Waals surface area (Å²) in [6.07, 6.45) is -0.0185. The fraction of sp³-hybridized carbons (Fsp3) is 0.400. The molecule has 2 aromatic carbocycles. The number of amides is 1. The molecule has 0 aliphatic carbocycles. The van der Waals surface area contributed by atoms with Crippen LogP contribution in [0.1, 0.15) is 31.1 Å². The van der Waals surface area contributed by atoms with Gasteiger partial charge in [-0.15, -0.1) is 0 Å². The Kier molecular flexibility index (Phi) is 6.37. The highest BCUT2D eigenvalue weighted by atomic mass is 19.1. The number of carbonyl (C=O) groups excluding carboxylic acids is 1. The number of piperazine rings is 1. The van der Waals surface area contributed by atoms with Gasteiger partial charge in [0, 0.05) is 49.7 Å². The first kappa shape index (κ1) is 22.1. The van der Waals surface area contributed by atoms with Crippen molar-refractivity contribution in [2.75, 3.05) is 44.7 Å². The monoisotopic (exact) mass is 439 g/mol. The van der Waals surface area contributed by atoms with E-state index in [1.807, 2.05) is 32.9 Å². The minimum atomic E-state index is -0.339. The molecule has 0 unspecified atom stereocenters. The first-order valence-electron chi connectivity index (χ1n) is 11.1. The number of ether oxygens (including phenoxy) is 1. The molecule has 4 rings (SSSR count). The van der Waals surface area contributed by atoms with E-state index in [4.69, 9.17) is 9.15 Å². The quantitative estimate of drug-likeness (QED) is 0.612. The SMILES string of the molecule is CCNC(=O)c1c(-c2ccc(F)cc2)oc2cc(N3CCN(C)CC3)c(OC(C)C)cc12. The molecule has 1 amide bonds. The Bertz CT molecular complexity index is 1100. The summed E-state index contributed by atoms with van der Waals surface area (Å²) in [5, 5.41) is 3.56. The molecule has 0 atom stereocenters. The van der Waals surface area contributed by atoms with E-state index >= 15 is 0 Å². The van der Waals surface area contributed by atoms with Gasteiger partial charge in [0.05, 0.1) is 17.4 Å². The molecule has 1 saturated heterocycles.